The van der Waals surface area contributed by atoms with E-state index >= 15 is 0 Å². The van der Waals surface area contributed by atoms with Crippen LogP contribution < -0.4 is 10.1 Å². The SMILES string of the molecule is COC(=O)c1ccc(C)c(NC(=O)c2ccc(Oc3ccccc3)cc2)c1. The summed E-state index contributed by atoms with van der Waals surface area (Å²) in [6.07, 6.45) is 0. The van der Waals surface area contributed by atoms with Crippen LogP contribution in [0.3, 0.4) is 0 Å². The molecule has 0 spiro atoms. The molecule has 3 aromatic rings. The number of amides is 1. The number of anilines is 1. The molecule has 0 saturated carbocycles. The first-order valence-corrected chi connectivity index (χ1v) is 8.40. The van der Waals surface area contributed by atoms with Crippen LogP contribution in [0.25, 0.3) is 0 Å². The molecule has 1 N–H and O–H groups in total. The molecule has 0 fully saturated rings. The molecule has 3 rings (SSSR count). The summed E-state index contributed by atoms with van der Waals surface area (Å²) in [7, 11) is 1.32. The number of hydrogen-bond acceptors (Lipinski definition) is 4. The summed E-state index contributed by atoms with van der Waals surface area (Å²) < 4.78 is 10.4. The molecule has 0 unspecified atom stereocenters. The number of nitrogens with one attached hydrogen (secondary N) is 1. The Hall–Kier alpha value is -3.60. The van der Waals surface area contributed by atoms with E-state index in [0.29, 0.717) is 22.6 Å². The van der Waals surface area contributed by atoms with Gasteiger partial charge in [-0.1, -0.05) is 24.3 Å². The van der Waals surface area contributed by atoms with Gasteiger partial charge >= 0.3 is 5.97 Å². The van der Waals surface area contributed by atoms with Gasteiger partial charge in [-0.3, -0.25) is 4.79 Å². The second kappa shape index (κ2) is 8.19. The van der Waals surface area contributed by atoms with Crippen LogP contribution in [0.4, 0.5) is 5.69 Å². The van der Waals surface area contributed by atoms with Crippen LogP contribution in [0.2, 0.25) is 0 Å². The summed E-state index contributed by atoms with van der Waals surface area (Å²) in [5, 5.41) is 2.83. The zero-order valence-electron chi connectivity index (χ0n) is 15.1. The zero-order chi connectivity index (χ0) is 19.2. The Bertz CT molecular complexity index is 950. The molecular formula is C22H19NO4. The van der Waals surface area contributed by atoms with Gasteiger partial charge in [-0.05, 0) is 61.0 Å². The van der Waals surface area contributed by atoms with E-state index in [4.69, 9.17) is 9.47 Å². The molecule has 3 aromatic carbocycles. The number of methoxy groups -OCH3 is 1. The number of benzene rings is 3. The second-order valence-electron chi connectivity index (χ2n) is 5.91. The van der Waals surface area contributed by atoms with Crippen LogP contribution in [-0.4, -0.2) is 19.0 Å². The Labute approximate surface area is 157 Å². The van der Waals surface area contributed by atoms with Crippen molar-refractivity contribution in [3.8, 4) is 11.5 Å². The molecule has 5 nitrogen and oxygen atoms in total. The quantitative estimate of drug-likeness (QED) is 0.661. The number of para-hydroxylation sites is 1. The standard InChI is InChI=1S/C22H19NO4/c1-15-8-9-17(22(25)26-2)14-20(15)23-21(24)16-10-12-19(13-11-16)27-18-6-4-3-5-7-18/h3-14H,1-2H3,(H,23,24). The van der Waals surface area contributed by atoms with Gasteiger partial charge < -0.3 is 14.8 Å². The fourth-order valence-corrected chi connectivity index (χ4v) is 2.49. The largest absolute Gasteiger partial charge is 0.465 e. The van der Waals surface area contributed by atoms with Crippen molar-refractivity contribution in [3.63, 3.8) is 0 Å². The number of carbonyl (C=O) groups is 2. The minimum absolute atomic E-state index is 0.272. The van der Waals surface area contributed by atoms with Crippen molar-refractivity contribution in [2.75, 3.05) is 12.4 Å². The van der Waals surface area contributed by atoms with E-state index < -0.39 is 5.97 Å². The molecule has 0 radical (unpaired) electrons. The van der Waals surface area contributed by atoms with Gasteiger partial charge in [0.25, 0.3) is 5.91 Å². The van der Waals surface area contributed by atoms with Crippen LogP contribution in [-0.2, 0) is 4.74 Å². The highest BCUT2D eigenvalue weighted by Crippen LogP contribution is 2.22. The van der Waals surface area contributed by atoms with Crippen LogP contribution >= 0.6 is 0 Å². The van der Waals surface area contributed by atoms with Gasteiger partial charge in [0.2, 0.25) is 0 Å². The molecule has 0 aliphatic heterocycles. The molecule has 136 valence electrons. The lowest BCUT2D eigenvalue weighted by molar-refractivity contribution is 0.0600. The summed E-state index contributed by atoms with van der Waals surface area (Å²) in [5.74, 6) is 0.644. The third-order valence-electron chi connectivity index (χ3n) is 4.00. The number of aryl methyl sites for hydroxylation is 1. The minimum atomic E-state index is -0.451. The Kier molecular flexibility index (Phi) is 5.52. The molecule has 0 aliphatic carbocycles. The molecule has 0 atom stereocenters. The summed E-state index contributed by atoms with van der Waals surface area (Å²) in [6, 6.07) is 21.3. The average Bonchev–Trinajstić information content (AvgIpc) is 2.70. The highest BCUT2D eigenvalue weighted by atomic mass is 16.5. The second-order valence-corrected chi connectivity index (χ2v) is 5.91. The molecule has 0 saturated heterocycles. The number of carbonyl (C=O) groups excluding carboxylic acids is 2. The first-order chi connectivity index (χ1) is 13.1. The average molecular weight is 361 g/mol. The molecule has 0 bridgehead atoms. The molecule has 0 aromatic heterocycles. The highest BCUT2D eigenvalue weighted by Gasteiger charge is 2.12. The Balaban J connectivity index is 1.72. The van der Waals surface area contributed by atoms with Crippen molar-refractivity contribution < 1.29 is 19.1 Å². The van der Waals surface area contributed by atoms with Crippen molar-refractivity contribution in [2.45, 2.75) is 6.92 Å². The lowest BCUT2D eigenvalue weighted by atomic mass is 10.1. The number of rotatable bonds is 5. The molecule has 0 heterocycles. The maximum absolute atomic E-state index is 12.5. The van der Waals surface area contributed by atoms with Gasteiger partial charge in [0, 0.05) is 11.3 Å². The van der Waals surface area contributed by atoms with Crippen LogP contribution in [0.1, 0.15) is 26.3 Å². The normalized spacial score (nSPS) is 10.1. The van der Waals surface area contributed by atoms with E-state index in [1.807, 2.05) is 37.3 Å². The molecule has 5 heteroatoms. The van der Waals surface area contributed by atoms with Gasteiger partial charge in [-0.15, -0.1) is 0 Å². The number of hydrogen-bond donors (Lipinski definition) is 1. The van der Waals surface area contributed by atoms with Crippen molar-refractivity contribution in [1.29, 1.82) is 0 Å². The van der Waals surface area contributed by atoms with E-state index in [0.717, 1.165) is 11.3 Å². The molecule has 0 aliphatic rings. The lowest BCUT2D eigenvalue weighted by Crippen LogP contribution is -2.13. The fraction of sp³-hybridized carbons (Fsp3) is 0.0909. The van der Waals surface area contributed by atoms with Gasteiger partial charge in [0.15, 0.2) is 0 Å². The van der Waals surface area contributed by atoms with E-state index in [1.165, 1.54) is 7.11 Å². The topological polar surface area (TPSA) is 64.6 Å². The van der Waals surface area contributed by atoms with Crippen LogP contribution in [0, 0.1) is 6.92 Å². The van der Waals surface area contributed by atoms with E-state index in [2.05, 4.69) is 5.32 Å². The summed E-state index contributed by atoms with van der Waals surface area (Å²) >= 11 is 0. The number of esters is 1. The maximum Gasteiger partial charge on any atom is 0.337 e. The monoisotopic (exact) mass is 361 g/mol. The summed E-state index contributed by atoms with van der Waals surface area (Å²) in [5.41, 5.74) is 2.27. The molecule has 27 heavy (non-hydrogen) atoms. The summed E-state index contributed by atoms with van der Waals surface area (Å²) in [4.78, 5) is 24.2. The first kappa shape index (κ1) is 18.2. The van der Waals surface area contributed by atoms with Crippen molar-refractivity contribution in [3.05, 3.63) is 89.5 Å². The predicted molar refractivity (Wildman–Crippen MR) is 103 cm³/mol. The third kappa shape index (κ3) is 4.52. The summed E-state index contributed by atoms with van der Waals surface area (Å²) in [6.45, 7) is 1.85. The van der Waals surface area contributed by atoms with Gasteiger partial charge in [-0.2, -0.15) is 0 Å². The Morgan fingerprint density at radius 3 is 2.11 bits per heavy atom. The molecular weight excluding hydrogens is 342 g/mol. The third-order valence-corrected chi connectivity index (χ3v) is 4.00. The Morgan fingerprint density at radius 1 is 0.815 bits per heavy atom. The maximum atomic E-state index is 12.5. The van der Waals surface area contributed by atoms with Crippen molar-refractivity contribution in [2.24, 2.45) is 0 Å². The Morgan fingerprint density at radius 2 is 1.44 bits per heavy atom. The van der Waals surface area contributed by atoms with E-state index in [-0.39, 0.29) is 5.91 Å². The van der Waals surface area contributed by atoms with Gasteiger partial charge in [-0.25, -0.2) is 4.79 Å². The first-order valence-electron chi connectivity index (χ1n) is 8.40. The minimum Gasteiger partial charge on any atom is -0.465 e. The predicted octanol–water partition coefficient (Wildman–Crippen LogP) is 4.83. The molecule has 1 amide bonds. The van der Waals surface area contributed by atoms with Gasteiger partial charge in [0.05, 0.1) is 12.7 Å². The fourth-order valence-electron chi connectivity index (χ4n) is 2.49. The smallest absolute Gasteiger partial charge is 0.337 e. The van der Waals surface area contributed by atoms with Crippen LogP contribution in [0.15, 0.2) is 72.8 Å². The zero-order valence-corrected chi connectivity index (χ0v) is 15.1. The van der Waals surface area contributed by atoms with Crippen molar-refractivity contribution in [1.82, 2.24) is 0 Å². The van der Waals surface area contributed by atoms with Gasteiger partial charge in [0.1, 0.15) is 11.5 Å². The highest BCUT2D eigenvalue weighted by molar-refractivity contribution is 6.05. The van der Waals surface area contributed by atoms with Crippen LogP contribution in [0.5, 0.6) is 11.5 Å². The van der Waals surface area contributed by atoms with E-state index in [9.17, 15) is 9.59 Å². The van der Waals surface area contributed by atoms with E-state index in [1.54, 1.807) is 42.5 Å². The van der Waals surface area contributed by atoms with Crippen molar-refractivity contribution >= 4 is 17.6 Å². The lowest BCUT2D eigenvalue weighted by Gasteiger charge is -2.11. The number of ether oxygens (including phenoxy) is 2.